The van der Waals surface area contributed by atoms with Crippen LogP contribution < -0.4 is 5.32 Å². The first-order valence-electron chi connectivity index (χ1n) is 8.29. The summed E-state index contributed by atoms with van der Waals surface area (Å²) in [7, 11) is 0. The van der Waals surface area contributed by atoms with E-state index in [9.17, 15) is 4.79 Å². The van der Waals surface area contributed by atoms with Crippen LogP contribution >= 0.6 is 11.3 Å². The minimum atomic E-state index is 0.0198. The van der Waals surface area contributed by atoms with Crippen molar-refractivity contribution in [2.24, 2.45) is 0 Å². The van der Waals surface area contributed by atoms with Crippen LogP contribution in [0, 0.1) is 6.92 Å². The van der Waals surface area contributed by atoms with Crippen LogP contribution in [0.25, 0.3) is 0 Å². The minimum absolute atomic E-state index is 0.0198. The maximum atomic E-state index is 12.4. The molecule has 0 atom stereocenters. The maximum Gasteiger partial charge on any atom is 0.234 e. The van der Waals surface area contributed by atoms with Gasteiger partial charge in [-0.15, -0.1) is 11.3 Å². The lowest BCUT2D eigenvalue weighted by Gasteiger charge is -2.20. The van der Waals surface area contributed by atoms with Crippen molar-refractivity contribution < 1.29 is 9.21 Å². The standard InChI is InChI=1S/C20H22N2O2S/c1-16-6-2-3-7-17(16)12-21-20(23)15-22(13-18-8-4-10-24-18)14-19-9-5-11-25-19/h2-11H,12-15H2,1H3,(H,21,23). The van der Waals surface area contributed by atoms with Crippen LogP contribution in [0.15, 0.2) is 64.6 Å². The van der Waals surface area contributed by atoms with Crippen molar-refractivity contribution >= 4 is 17.2 Å². The third-order valence-corrected chi connectivity index (χ3v) is 4.88. The molecule has 1 aromatic carbocycles. The molecule has 2 heterocycles. The average molecular weight is 354 g/mol. The Hall–Kier alpha value is -2.37. The number of hydrogen-bond acceptors (Lipinski definition) is 4. The van der Waals surface area contributed by atoms with Crippen molar-refractivity contribution in [2.45, 2.75) is 26.6 Å². The molecule has 2 aromatic heterocycles. The molecule has 0 unspecified atom stereocenters. The first kappa shape index (κ1) is 17.5. The highest BCUT2D eigenvalue weighted by Crippen LogP contribution is 2.14. The molecule has 5 heteroatoms. The Morgan fingerprint density at radius 3 is 2.72 bits per heavy atom. The largest absolute Gasteiger partial charge is 0.468 e. The third-order valence-electron chi connectivity index (χ3n) is 4.02. The van der Waals surface area contributed by atoms with E-state index < -0.39 is 0 Å². The number of hydrogen-bond donors (Lipinski definition) is 1. The number of carbonyl (C=O) groups is 1. The van der Waals surface area contributed by atoms with Gasteiger partial charge >= 0.3 is 0 Å². The van der Waals surface area contributed by atoms with E-state index in [-0.39, 0.29) is 5.91 Å². The molecule has 0 saturated carbocycles. The van der Waals surface area contributed by atoms with Crippen molar-refractivity contribution in [2.75, 3.05) is 6.54 Å². The van der Waals surface area contributed by atoms with Gasteiger partial charge in [-0.05, 0) is 41.6 Å². The Morgan fingerprint density at radius 2 is 2.00 bits per heavy atom. The summed E-state index contributed by atoms with van der Waals surface area (Å²) >= 11 is 1.70. The molecule has 1 amide bonds. The molecule has 0 bridgehead atoms. The zero-order valence-corrected chi connectivity index (χ0v) is 15.1. The summed E-state index contributed by atoms with van der Waals surface area (Å²) in [6.07, 6.45) is 1.66. The summed E-state index contributed by atoms with van der Waals surface area (Å²) in [5.74, 6) is 0.884. The summed E-state index contributed by atoms with van der Waals surface area (Å²) in [6, 6.07) is 16.0. The Kier molecular flexibility index (Phi) is 6.04. The van der Waals surface area contributed by atoms with Gasteiger partial charge in [0.2, 0.25) is 5.91 Å². The number of nitrogens with one attached hydrogen (secondary N) is 1. The van der Waals surface area contributed by atoms with E-state index in [0.29, 0.717) is 19.6 Å². The van der Waals surface area contributed by atoms with Gasteiger partial charge in [0.15, 0.2) is 0 Å². The molecule has 3 rings (SSSR count). The molecular formula is C20H22N2O2S. The number of rotatable bonds is 8. The topological polar surface area (TPSA) is 45.5 Å². The lowest BCUT2D eigenvalue weighted by atomic mass is 10.1. The van der Waals surface area contributed by atoms with E-state index in [0.717, 1.165) is 17.9 Å². The zero-order chi connectivity index (χ0) is 17.5. The molecule has 0 aliphatic rings. The molecule has 4 nitrogen and oxygen atoms in total. The van der Waals surface area contributed by atoms with Crippen LogP contribution in [-0.4, -0.2) is 17.4 Å². The van der Waals surface area contributed by atoms with Crippen molar-refractivity contribution in [1.82, 2.24) is 10.2 Å². The summed E-state index contributed by atoms with van der Waals surface area (Å²) < 4.78 is 5.44. The average Bonchev–Trinajstić information content (AvgIpc) is 3.28. The first-order chi connectivity index (χ1) is 12.2. The van der Waals surface area contributed by atoms with Crippen LogP contribution in [0.3, 0.4) is 0 Å². The first-order valence-corrected chi connectivity index (χ1v) is 9.17. The normalized spacial score (nSPS) is 11.0. The lowest BCUT2D eigenvalue weighted by Crippen LogP contribution is -2.36. The Morgan fingerprint density at radius 1 is 1.12 bits per heavy atom. The van der Waals surface area contributed by atoms with Gasteiger partial charge in [-0.2, -0.15) is 0 Å². The van der Waals surface area contributed by atoms with Crippen LogP contribution in [0.4, 0.5) is 0 Å². The van der Waals surface area contributed by atoms with Gasteiger partial charge in [0, 0.05) is 18.0 Å². The molecule has 0 aliphatic carbocycles. The van der Waals surface area contributed by atoms with Gasteiger partial charge in [0.25, 0.3) is 0 Å². The zero-order valence-electron chi connectivity index (χ0n) is 14.3. The molecule has 0 radical (unpaired) electrons. The minimum Gasteiger partial charge on any atom is -0.468 e. The highest BCUT2D eigenvalue weighted by Gasteiger charge is 2.14. The predicted octanol–water partition coefficient (Wildman–Crippen LogP) is 3.97. The molecule has 130 valence electrons. The molecule has 25 heavy (non-hydrogen) atoms. The summed E-state index contributed by atoms with van der Waals surface area (Å²) in [5.41, 5.74) is 2.33. The maximum absolute atomic E-state index is 12.4. The van der Waals surface area contributed by atoms with Crippen LogP contribution in [0.2, 0.25) is 0 Å². The number of furan rings is 1. The molecular weight excluding hydrogens is 332 g/mol. The van der Waals surface area contributed by atoms with Crippen molar-refractivity contribution in [3.05, 3.63) is 81.9 Å². The second kappa shape index (κ2) is 8.65. The highest BCUT2D eigenvalue weighted by molar-refractivity contribution is 7.09. The second-order valence-corrected chi connectivity index (χ2v) is 7.04. The molecule has 0 fully saturated rings. The monoisotopic (exact) mass is 354 g/mol. The van der Waals surface area contributed by atoms with Crippen LogP contribution in [0.5, 0.6) is 0 Å². The van der Waals surface area contributed by atoms with Crippen molar-refractivity contribution in [3.63, 3.8) is 0 Å². The second-order valence-electron chi connectivity index (χ2n) is 6.01. The van der Waals surface area contributed by atoms with Gasteiger partial charge < -0.3 is 9.73 Å². The van der Waals surface area contributed by atoms with Gasteiger partial charge in [-0.25, -0.2) is 0 Å². The molecule has 3 aromatic rings. The smallest absolute Gasteiger partial charge is 0.234 e. The fourth-order valence-electron chi connectivity index (χ4n) is 2.67. The predicted molar refractivity (Wildman–Crippen MR) is 100 cm³/mol. The van der Waals surface area contributed by atoms with Crippen molar-refractivity contribution in [1.29, 1.82) is 0 Å². The molecule has 0 spiro atoms. The highest BCUT2D eigenvalue weighted by atomic mass is 32.1. The Balaban J connectivity index is 1.58. The lowest BCUT2D eigenvalue weighted by molar-refractivity contribution is -0.122. The number of amides is 1. The van der Waals surface area contributed by atoms with Gasteiger partial charge in [0.1, 0.15) is 5.76 Å². The summed E-state index contributed by atoms with van der Waals surface area (Å²) in [6.45, 7) is 4.30. The van der Waals surface area contributed by atoms with Crippen LogP contribution in [0.1, 0.15) is 21.8 Å². The quantitative estimate of drug-likeness (QED) is 0.666. The molecule has 0 saturated heterocycles. The van der Waals surface area contributed by atoms with Crippen LogP contribution in [-0.2, 0) is 24.4 Å². The number of benzene rings is 1. The van der Waals surface area contributed by atoms with Gasteiger partial charge in [-0.3, -0.25) is 9.69 Å². The summed E-state index contributed by atoms with van der Waals surface area (Å²) in [4.78, 5) is 15.7. The van der Waals surface area contributed by atoms with E-state index >= 15 is 0 Å². The molecule has 0 aliphatic heterocycles. The number of nitrogens with zero attached hydrogens (tertiary/aromatic N) is 1. The van der Waals surface area contributed by atoms with Gasteiger partial charge in [0.05, 0.1) is 19.4 Å². The molecule has 1 N–H and O–H groups in total. The van der Waals surface area contributed by atoms with E-state index in [2.05, 4.69) is 34.7 Å². The van der Waals surface area contributed by atoms with E-state index in [4.69, 9.17) is 4.42 Å². The fraction of sp³-hybridized carbons (Fsp3) is 0.250. The van der Waals surface area contributed by atoms with E-state index in [1.807, 2.05) is 36.4 Å². The summed E-state index contributed by atoms with van der Waals surface area (Å²) in [5, 5.41) is 5.08. The Labute approximate surface area is 152 Å². The van der Waals surface area contributed by atoms with Crippen molar-refractivity contribution in [3.8, 4) is 0 Å². The fourth-order valence-corrected chi connectivity index (χ4v) is 3.42. The van der Waals surface area contributed by atoms with E-state index in [1.54, 1.807) is 17.6 Å². The number of aryl methyl sites for hydroxylation is 1. The number of thiophene rings is 1. The SMILES string of the molecule is Cc1ccccc1CNC(=O)CN(Cc1ccco1)Cc1cccs1. The van der Waals surface area contributed by atoms with Gasteiger partial charge in [-0.1, -0.05) is 30.3 Å². The Bertz CT molecular complexity index is 746. The third kappa shape index (κ3) is 5.31. The number of carbonyl (C=O) groups excluding carboxylic acids is 1. The van der Waals surface area contributed by atoms with E-state index in [1.165, 1.54) is 10.4 Å².